The summed E-state index contributed by atoms with van der Waals surface area (Å²) < 4.78 is 13.8. The highest BCUT2D eigenvalue weighted by Crippen LogP contribution is 2.48. The minimum Gasteiger partial charge on any atom is -0.456 e. The molecule has 8 aromatic heterocycles. The second kappa shape index (κ2) is 31.1. The Morgan fingerprint density at radius 1 is 0.185 bits per heavy atom. The molecule has 0 fully saturated rings. The zero-order valence-electron chi connectivity index (χ0n) is 67.0. The fourth-order valence-corrected chi connectivity index (χ4v) is 19.0. The number of benzene rings is 16. The molecule has 0 aliphatic carbocycles. The predicted octanol–water partition coefficient (Wildman–Crippen LogP) is 30.2. The van der Waals surface area contributed by atoms with Crippen molar-refractivity contribution in [2.45, 2.75) is 0 Å². The van der Waals surface area contributed by atoms with E-state index in [1.165, 1.54) is 30.9 Å². The monoisotopic (exact) mass is 1600 g/mol. The number of hydrogen-bond acceptors (Lipinski definition) is 8. The van der Waals surface area contributed by atoms with Gasteiger partial charge in [0, 0.05) is 108 Å². The van der Waals surface area contributed by atoms with Gasteiger partial charge in [-0.2, -0.15) is 0 Å². The third kappa shape index (κ3) is 13.2. The van der Waals surface area contributed by atoms with Crippen LogP contribution in [0.15, 0.2) is 441 Å². The fraction of sp³-hybridized carbons (Fsp3) is 0. The smallest absolute Gasteiger partial charge is 0.160 e. The summed E-state index contributed by atoms with van der Waals surface area (Å²) in [5, 5.41) is 9.57. The normalized spacial score (nSPS) is 11.5. The Balaban J connectivity index is 0.000000143. The molecule has 16 aromatic carbocycles. The van der Waals surface area contributed by atoms with Crippen LogP contribution in [0.1, 0.15) is 0 Å². The summed E-state index contributed by atoms with van der Waals surface area (Å²) in [4.78, 5) is 32.0. The molecule has 8 heterocycles. The van der Waals surface area contributed by atoms with Crippen molar-refractivity contribution in [1.29, 1.82) is 0 Å². The summed E-state index contributed by atoms with van der Waals surface area (Å²) in [5.74, 6) is 1.32. The van der Waals surface area contributed by atoms with Crippen molar-refractivity contribution in [3.8, 4) is 146 Å². The molecule has 124 heavy (non-hydrogen) atoms. The van der Waals surface area contributed by atoms with Gasteiger partial charge in [-0.15, -0.1) is 11.3 Å². The highest BCUT2D eigenvalue weighted by atomic mass is 32.1. The van der Waals surface area contributed by atoms with Gasteiger partial charge in [0.05, 0.1) is 79.0 Å². The molecule has 0 bridgehead atoms. The first-order chi connectivity index (χ1) is 61.5. The molecule has 0 saturated heterocycles. The molecule has 580 valence electrons. The first-order valence-corrected chi connectivity index (χ1v) is 42.5. The number of pyridine rings is 2. The van der Waals surface area contributed by atoms with E-state index in [0.29, 0.717) is 11.6 Å². The molecule has 0 unspecified atom stereocenters. The second-order valence-electron chi connectivity index (χ2n) is 31.1. The van der Waals surface area contributed by atoms with Crippen molar-refractivity contribution >= 4 is 97.1 Å². The Morgan fingerprint density at radius 2 is 0.524 bits per heavy atom. The molecule has 0 aliphatic heterocycles. The highest BCUT2D eigenvalue weighted by Gasteiger charge is 2.27. The molecule has 0 radical (unpaired) electrons. The Bertz CT molecular complexity index is 7480. The van der Waals surface area contributed by atoms with Crippen molar-refractivity contribution < 1.29 is 4.42 Å². The van der Waals surface area contributed by atoms with Gasteiger partial charge in [-0.05, 0) is 131 Å². The lowest BCUT2D eigenvalue weighted by atomic mass is 9.97. The van der Waals surface area contributed by atoms with Crippen molar-refractivity contribution in [2.75, 3.05) is 0 Å². The quantitative estimate of drug-likeness (QED) is 0.107. The van der Waals surface area contributed by atoms with Gasteiger partial charge < -0.3 is 13.6 Å². The number of nitrogens with zero attached hydrogens (tertiary/aromatic N) is 8. The molecular formula is C114H72N8OS. The standard InChI is InChI=1S/C57H36N4O.C57H36N4S/c2*1-5-17-37(18-6-1)42-34-46(38-19-7-2-8-20-38)58-47(35-42)41-29-30-51(45(33-41)49-36-48(39-21-9-3-10-22-39)59-57(60-49)40-23-11-4-12-24-40)61-50-27-15-13-25-43(50)55-52(61)31-32-54-56(55)44-26-14-16-28-53(44)62-54/h2*1-36H. The number of rotatable bonds is 14. The van der Waals surface area contributed by atoms with Gasteiger partial charge in [0.1, 0.15) is 11.2 Å². The van der Waals surface area contributed by atoms with Crippen LogP contribution in [-0.2, 0) is 0 Å². The van der Waals surface area contributed by atoms with Crippen molar-refractivity contribution in [1.82, 2.24) is 39.0 Å². The van der Waals surface area contributed by atoms with E-state index in [1.807, 2.05) is 84.1 Å². The molecule has 24 rings (SSSR count). The lowest BCUT2D eigenvalue weighted by Gasteiger charge is -2.17. The van der Waals surface area contributed by atoms with Gasteiger partial charge in [-0.1, -0.05) is 328 Å². The maximum atomic E-state index is 6.44. The zero-order valence-corrected chi connectivity index (χ0v) is 67.8. The molecule has 24 aromatic rings. The van der Waals surface area contributed by atoms with Gasteiger partial charge >= 0.3 is 0 Å². The van der Waals surface area contributed by atoms with Crippen LogP contribution in [0, 0.1) is 0 Å². The number of para-hydroxylation sites is 3. The molecule has 9 nitrogen and oxygen atoms in total. The maximum Gasteiger partial charge on any atom is 0.160 e. The number of thiophene rings is 1. The molecule has 0 amide bonds. The third-order valence-corrected chi connectivity index (χ3v) is 24.8. The lowest BCUT2D eigenvalue weighted by Crippen LogP contribution is -2.02. The van der Waals surface area contributed by atoms with Crippen LogP contribution in [-0.4, -0.2) is 39.0 Å². The molecule has 0 N–H and O–H groups in total. The van der Waals surface area contributed by atoms with E-state index in [0.717, 1.165) is 190 Å². The van der Waals surface area contributed by atoms with Gasteiger partial charge in [0.15, 0.2) is 11.6 Å². The molecule has 0 saturated carbocycles. The average molecular weight is 1600 g/mol. The summed E-state index contributed by atoms with van der Waals surface area (Å²) in [7, 11) is 0. The number of fused-ring (bicyclic) bond motifs is 14. The average Bonchev–Trinajstić information content (AvgIpc) is 1.55. The second-order valence-corrected chi connectivity index (χ2v) is 32.2. The van der Waals surface area contributed by atoms with Gasteiger partial charge in [-0.25, -0.2) is 29.9 Å². The van der Waals surface area contributed by atoms with Crippen molar-refractivity contribution in [2.24, 2.45) is 0 Å². The summed E-state index contributed by atoms with van der Waals surface area (Å²) in [6.07, 6.45) is 0. The Morgan fingerprint density at radius 3 is 0.968 bits per heavy atom. The van der Waals surface area contributed by atoms with Crippen molar-refractivity contribution in [3.63, 3.8) is 0 Å². The van der Waals surface area contributed by atoms with Crippen LogP contribution >= 0.6 is 11.3 Å². The molecule has 0 spiro atoms. The Kier molecular flexibility index (Phi) is 18.2. The van der Waals surface area contributed by atoms with Crippen LogP contribution < -0.4 is 0 Å². The summed E-state index contributed by atoms with van der Waals surface area (Å²) in [6, 6.07) is 153. The topological polar surface area (TPSA) is 100 Å². The third-order valence-electron chi connectivity index (χ3n) is 23.6. The van der Waals surface area contributed by atoms with E-state index >= 15 is 0 Å². The number of aromatic nitrogens is 8. The van der Waals surface area contributed by atoms with E-state index in [1.54, 1.807) is 0 Å². The van der Waals surface area contributed by atoms with Gasteiger partial charge in [0.25, 0.3) is 0 Å². The first-order valence-electron chi connectivity index (χ1n) is 41.7. The van der Waals surface area contributed by atoms with E-state index in [2.05, 4.69) is 373 Å². The van der Waals surface area contributed by atoms with E-state index in [4.69, 9.17) is 34.3 Å². The fourth-order valence-electron chi connectivity index (χ4n) is 17.8. The summed E-state index contributed by atoms with van der Waals surface area (Å²) in [6.45, 7) is 0. The van der Waals surface area contributed by atoms with Crippen molar-refractivity contribution in [3.05, 3.63) is 437 Å². The molecule has 0 atom stereocenters. The van der Waals surface area contributed by atoms with E-state index in [9.17, 15) is 0 Å². The van der Waals surface area contributed by atoms with Crippen LogP contribution in [0.3, 0.4) is 0 Å². The van der Waals surface area contributed by atoms with Crippen LogP contribution in [0.4, 0.5) is 0 Å². The van der Waals surface area contributed by atoms with Gasteiger partial charge in [-0.3, -0.25) is 0 Å². The SMILES string of the molecule is c1ccc(-c2cc(-c3ccccc3)nc(-c3ccc(-n4c5ccccc5c5c6c(ccc54)oc4ccccc46)c(-c4cc(-c5ccccc5)nc(-c5ccccc5)n4)c3)c2)cc1.c1ccc(-c2cc(-c3ccccc3)nc(-c3ccc(-n4c5ccccc5c5c6c(ccc54)sc4ccccc46)c(-c4cc(-c5ccccc5)nc(-c5ccccc5)n4)c3)c2)cc1. The summed E-state index contributed by atoms with van der Waals surface area (Å²) in [5.41, 5.74) is 29.5. The maximum absolute atomic E-state index is 6.44. The van der Waals surface area contributed by atoms with E-state index < -0.39 is 0 Å². The minimum atomic E-state index is 0.655. The number of hydrogen-bond donors (Lipinski definition) is 0. The minimum absolute atomic E-state index is 0.655. The molecule has 10 heteroatoms. The largest absolute Gasteiger partial charge is 0.456 e. The molecule has 0 aliphatic rings. The summed E-state index contributed by atoms with van der Waals surface area (Å²) >= 11 is 1.85. The van der Waals surface area contributed by atoms with Crippen LogP contribution in [0.5, 0.6) is 0 Å². The van der Waals surface area contributed by atoms with Crippen LogP contribution in [0.2, 0.25) is 0 Å². The van der Waals surface area contributed by atoms with E-state index in [-0.39, 0.29) is 0 Å². The van der Waals surface area contributed by atoms with Gasteiger partial charge in [0.2, 0.25) is 0 Å². The number of furan rings is 1. The van der Waals surface area contributed by atoms with Crippen LogP contribution in [0.25, 0.3) is 232 Å². The zero-order chi connectivity index (χ0) is 82.0. The Hall–Kier alpha value is -16.4. The molecular weight excluding hydrogens is 1530 g/mol. The highest BCUT2D eigenvalue weighted by molar-refractivity contribution is 7.26. The lowest BCUT2D eigenvalue weighted by molar-refractivity contribution is 0.669. The Labute approximate surface area is 718 Å². The first kappa shape index (κ1) is 72.8. The predicted molar refractivity (Wildman–Crippen MR) is 514 cm³/mol.